The van der Waals surface area contributed by atoms with Gasteiger partial charge < -0.3 is 15.3 Å². The predicted octanol–water partition coefficient (Wildman–Crippen LogP) is -0.0172. The summed E-state index contributed by atoms with van der Waals surface area (Å²) >= 11 is 0. The number of nitrogens with one attached hydrogen (secondary N) is 1. The van der Waals surface area contributed by atoms with Crippen molar-refractivity contribution < 1.29 is 5.11 Å². The Morgan fingerprint density at radius 2 is 2.12 bits per heavy atom. The van der Waals surface area contributed by atoms with Gasteiger partial charge in [-0.15, -0.1) is 0 Å². The molecule has 4 heteroatoms. The molecule has 0 amide bonds. The van der Waals surface area contributed by atoms with Crippen LogP contribution in [0.15, 0.2) is 0 Å². The molecule has 1 aliphatic heterocycles. The van der Waals surface area contributed by atoms with Crippen molar-refractivity contribution >= 4 is 0 Å². The lowest BCUT2D eigenvalue weighted by Crippen LogP contribution is -2.49. The Hall–Kier alpha value is -0.160. The first-order valence-electron chi connectivity index (χ1n) is 6.20. The van der Waals surface area contributed by atoms with E-state index in [2.05, 4.69) is 43.1 Å². The number of nitrogens with zero attached hydrogens (tertiary/aromatic N) is 2. The first-order valence-corrected chi connectivity index (χ1v) is 6.20. The summed E-state index contributed by atoms with van der Waals surface area (Å²) in [5, 5.41) is 13.1. The maximum Gasteiger partial charge on any atom is 0.0791 e. The van der Waals surface area contributed by atoms with Gasteiger partial charge in [0.2, 0.25) is 0 Å². The maximum absolute atomic E-state index is 9.79. The average Bonchev–Trinajstić information content (AvgIpc) is 2.26. The van der Waals surface area contributed by atoms with Gasteiger partial charge in [0.05, 0.1) is 6.10 Å². The monoisotopic (exact) mass is 229 g/mol. The van der Waals surface area contributed by atoms with Crippen molar-refractivity contribution in [3.8, 4) is 0 Å². The molecule has 1 rings (SSSR count). The van der Waals surface area contributed by atoms with E-state index in [1.807, 2.05) is 0 Å². The van der Waals surface area contributed by atoms with Gasteiger partial charge in [0.25, 0.3) is 0 Å². The van der Waals surface area contributed by atoms with E-state index in [0.717, 1.165) is 32.6 Å². The molecular weight excluding hydrogens is 202 g/mol. The van der Waals surface area contributed by atoms with Crippen molar-refractivity contribution in [2.75, 3.05) is 46.8 Å². The third kappa shape index (κ3) is 4.37. The molecule has 16 heavy (non-hydrogen) atoms. The SMILES string of the molecule is CN(C)CCCN1CC(O)CNCC1(C)C. The minimum atomic E-state index is -0.235. The Morgan fingerprint density at radius 3 is 2.75 bits per heavy atom. The molecule has 2 N–H and O–H groups in total. The van der Waals surface area contributed by atoms with Gasteiger partial charge in [-0.1, -0.05) is 0 Å². The summed E-state index contributed by atoms with van der Waals surface area (Å²) < 4.78 is 0. The molecule has 96 valence electrons. The van der Waals surface area contributed by atoms with Crippen molar-refractivity contribution in [1.82, 2.24) is 15.1 Å². The quantitative estimate of drug-likeness (QED) is 0.711. The minimum absolute atomic E-state index is 0.143. The smallest absolute Gasteiger partial charge is 0.0791 e. The second-order valence-corrected chi connectivity index (χ2v) is 5.70. The van der Waals surface area contributed by atoms with Gasteiger partial charge >= 0.3 is 0 Å². The zero-order chi connectivity index (χ0) is 12.2. The van der Waals surface area contributed by atoms with Crippen LogP contribution in [-0.2, 0) is 0 Å². The van der Waals surface area contributed by atoms with Gasteiger partial charge in [-0.3, -0.25) is 4.90 Å². The van der Waals surface area contributed by atoms with E-state index in [1.165, 1.54) is 0 Å². The molecule has 0 aliphatic carbocycles. The van der Waals surface area contributed by atoms with E-state index >= 15 is 0 Å². The zero-order valence-corrected chi connectivity index (χ0v) is 11.2. The van der Waals surface area contributed by atoms with Crippen LogP contribution in [0.1, 0.15) is 20.3 Å². The van der Waals surface area contributed by atoms with Crippen molar-refractivity contribution in [2.24, 2.45) is 0 Å². The summed E-state index contributed by atoms with van der Waals surface area (Å²) in [4.78, 5) is 4.61. The molecule has 0 bridgehead atoms. The normalized spacial score (nSPS) is 27.0. The van der Waals surface area contributed by atoms with Crippen LogP contribution < -0.4 is 5.32 Å². The second-order valence-electron chi connectivity index (χ2n) is 5.70. The topological polar surface area (TPSA) is 38.7 Å². The second kappa shape index (κ2) is 5.96. The Balaban J connectivity index is 2.45. The fourth-order valence-electron chi connectivity index (χ4n) is 2.19. The molecular formula is C12H27N3O. The third-order valence-corrected chi connectivity index (χ3v) is 3.26. The highest BCUT2D eigenvalue weighted by atomic mass is 16.3. The van der Waals surface area contributed by atoms with Gasteiger partial charge in [-0.05, 0) is 40.9 Å². The molecule has 1 saturated heterocycles. The van der Waals surface area contributed by atoms with E-state index < -0.39 is 0 Å². The average molecular weight is 229 g/mol. The Bertz CT molecular complexity index is 206. The number of rotatable bonds is 4. The Kier molecular flexibility index (Phi) is 5.18. The van der Waals surface area contributed by atoms with E-state index in [9.17, 15) is 5.11 Å². The van der Waals surface area contributed by atoms with E-state index in [-0.39, 0.29) is 11.6 Å². The van der Waals surface area contributed by atoms with Crippen LogP contribution in [0, 0.1) is 0 Å². The standard InChI is InChI=1S/C12H27N3O/c1-12(2)10-13-8-11(16)9-15(12)7-5-6-14(3)4/h11,13,16H,5-10H2,1-4H3. The number of aliphatic hydroxyl groups is 1. The summed E-state index contributed by atoms with van der Waals surface area (Å²) in [6, 6.07) is 0. The lowest BCUT2D eigenvalue weighted by molar-refractivity contribution is 0.0742. The van der Waals surface area contributed by atoms with Crippen molar-refractivity contribution in [3.05, 3.63) is 0 Å². The fourth-order valence-corrected chi connectivity index (χ4v) is 2.19. The molecule has 1 aliphatic rings. The van der Waals surface area contributed by atoms with Gasteiger partial charge in [0.15, 0.2) is 0 Å². The predicted molar refractivity (Wildman–Crippen MR) is 67.7 cm³/mol. The van der Waals surface area contributed by atoms with Gasteiger partial charge in [-0.2, -0.15) is 0 Å². The highest BCUT2D eigenvalue weighted by molar-refractivity contribution is 4.89. The number of hydrogen-bond acceptors (Lipinski definition) is 4. The summed E-state index contributed by atoms with van der Waals surface area (Å²) in [7, 11) is 4.20. The van der Waals surface area contributed by atoms with Crippen LogP contribution in [0.4, 0.5) is 0 Å². The lowest BCUT2D eigenvalue weighted by atomic mass is 10.0. The molecule has 4 nitrogen and oxygen atoms in total. The summed E-state index contributed by atoms with van der Waals surface area (Å²) in [5.41, 5.74) is 0.143. The first kappa shape index (κ1) is 13.9. The van der Waals surface area contributed by atoms with Crippen LogP contribution in [0.2, 0.25) is 0 Å². The number of aliphatic hydroxyl groups excluding tert-OH is 1. The summed E-state index contributed by atoms with van der Waals surface area (Å²) in [6.07, 6.45) is 0.921. The zero-order valence-electron chi connectivity index (χ0n) is 11.2. The van der Waals surface area contributed by atoms with E-state index in [4.69, 9.17) is 0 Å². The van der Waals surface area contributed by atoms with Gasteiger partial charge in [-0.25, -0.2) is 0 Å². The Morgan fingerprint density at radius 1 is 1.44 bits per heavy atom. The molecule has 0 spiro atoms. The molecule has 1 heterocycles. The van der Waals surface area contributed by atoms with Crippen LogP contribution in [0.3, 0.4) is 0 Å². The van der Waals surface area contributed by atoms with Gasteiger partial charge in [0, 0.05) is 31.7 Å². The molecule has 1 unspecified atom stereocenters. The third-order valence-electron chi connectivity index (χ3n) is 3.26. The highest BCUT2D eigenvalue weighted by Crippen LogP contribution is 2.16. The van der Waals surface area contributed by atoms with Crippen LogP contribution >= 0.6 is 0 Å². The minimum Gasteiger partial charge on any atom is -0.390 e. The molecule has 0 aromatic rings. The van der Waals surface area contributed by atoms with Crippen molar-refractivity contribution in [1.29, 1.82) is 0 Å². The van der Waals surface area contributed by atoms with E-state index in [1.54, 1.807) is 0 Å². The highest BCUT2D eigenvalue weighted by Gasteiger charge is 2.30. The Labute approximate surface area is 99.6 Å². The first-order chi connectivity index (χ1) is 7.42. The molecule has 0 radical (unpaired) electrons. The largest absolute Gasteiger partial charge is 0.390 e. The summed E-state index contributed by atoms with van der Waals surface area (Å²) in [6.45, 7) is 9.11. The number of β-amino-alcohol motifs (C(OH)–C–C–N with tert-alkyl or cyclic N) is 1. The van der Waals surface area contributed by atoms with Crippen LogP contribution in [-0.4, -0.2) is 73.4 Å². The molecule has 0 aromatic carbocycles. The lowest BCUT2D eigenvalue weighted by Gasteiger charge is -2.37. The van der Waals surface area contributed by atoms with Gasteiger partial charge in [0.1, 0.15) is 0 Å². The van der Waals surface area contributed by atoms with Crippen molar-refractivity contribution in [3.63, 3.8) is 0 Å². The molecule has 0 aromatic heterocycles. The van der Waals surface area contributed by atoms with E-state index in [0.29, 0.717) is 6.54 Å². The summed E-state index contributed by atoms with van der Waals surface area (Å²) in [5.74, 6) is 0. The molecule has 1 fully saturated rings. The van der Waals surface area contributed by atoms with Crippen LogP contribution in [0.5, 0.6) is 0 Å². The van der Waals surface area contributed by atoms with Crippen LogP contribution in [0.25, 0.3) is 0 Å². The molecule has 0 saturated carbocycles. The number of hydrogen-bond donors (Lipinski definition) is 2. The maximum atomic E-state index is 9.79. The molecule has 1 atom stereocenters. The fraction of sp³-hybridized carbons (Fsp3) is 1.00. The van der Waals surface area contributed by atoms with Crippen molar-refractivity contribution in [2.45, 2.75) is 31.9 Å².